The predicted octanol–water partition coefficient (Wildman–Crippen LogP) is 3.13. The molecule has 1 heterocycles. The zero-order valence-corrected chi connectivity index (χ0v) is 13.5. The maximum atomic E-state index is 9.57. The van der Waals surface area contributed by atoms with Crippen LogP contribution in [0, 0.1) is 22.7 Å². The number of hydrogen-bond donors (Lipinski definition) is 0. The average Bonchev–Trinajstić information content (AvgIpc) is 2.66. The van der Waals surface area contributed by atoms with Crippen molar-refractivity contribution < 1.29 is 0 Å². The van der Waals surface area contributed by atoms with Crippen LogP contribution in [0.1, 0.15) is 23.2 Å². The third kappa shape index (κ3) is 3.46. The van der Waals surface area contributed by atoms with E-state index in [0.29, 0.717) is 0 Å². The SMILES string of the molecule is N#C[C@@H](c1ccccc1)N1CCN([C@@H](C#N)c2ccccc2)CC1. The highest BCUT2D eigenvalue weighted by molar-refractivity contribution is 5.26. The summed E-state index contributed by atoms with van der Waals surface area (Å²) in [6, 6.07) is 24.2. The Morgan fingerprint density at radius 2 is 0.958 bits per heavy atom. The minimum absolute atomic E-state index is 0.217. The van der Waals surface area contributed by atoms with E-state index in [4.69, 9.17) is 0 Å². The Kier molecular flexibility index (Phi) is 5.23. The van der Waals surface area contributed by atoms with E-state index in [1.807, 2.05) is 60.7 Å². The summed E-state index contributed by atoms with van der Waals surface area (Å²) in [5, 5.41) is 19.1. The first-order valence-electron chi connectivity index (χ1n) is 8.20. The molecule has 0 unspecified atom stereocenters. The molecule has 4 heteroatoms. The van der Waals surface area contributed by atoms with Crippen LogP contribution in [0.2, 0.25) is 0 Å². The van der Waals surface area contributed by atoms with Gasteiger partial charge in [0.2, 0.25) is 0 Å². The fourth-order valence-electron chi connectivity index (χ4n) is 3.26. The van der Waals surface area contributed by atoms with Gasteiger partial charge in [-0.05, 0) is 11.1 Å². The normalized spacial score (nSPS) is 18.2. The summed E-state index contributed by atoms with van der Waals surface area (Å²) in [5.41, 5.74) is 2.07. The molecule has 0 aliphatic carbocycles. The summed E-state index contributed by atoms with van der Waals surface area (Å²) < 4.78 is 0. The topological polar surface area (TPSA) is 54.1 Å². The maximum Gasteiger partial charge on any atom is 0.123 e. The number of piperazine rings is 1. The van der Waals surface area contributed by atoms with Crippen molar-refractivity contribution >= 4 is 0 Å². The Balaban J connectivity index is 1.67. The quantitative estimate of drug-likeness (QED) is 0.869. The maximum absolute atomic E-state index is 9.57. The van der Waals surface area contributed by atoms with Gasteiger partial charge in [0.15, 0.2) is 0 Å². The molecule has 0 bridgehead atoms. The Morgan fingerprint density at radius 1 is 0.625 bits per heavy atom. The third-order valence-corrected chi connectivity index (χ3v) is 4.55. The van der Waals surface area contributed by atoms with E-state index >= 15 is 0 Å². The Labute approximate surface area is 143 Å². The van der Waals surface area contributed by atoms with Crippen LogP contribution in [-0.2, 0) is 0 Å². The van der Waals surface area contributed by atoms with E-state index in [1.165, 1.54) is 0 Å². The van der Waals surface area contributed by atoms with Gasteiger partial charge in [-0.2, -0.15) is 10.5 Å². The van der Waals surface area contributed by atoms with Gasteiger partial charge in [-0.25, -0.2) is 0 Å². The smallest absolute Gasteiger partial charge is 0.123 e. The molecule has 0 saturated carbocycles. The van der Waals surface area contributed by atoms with Crippen molar-refractivity contribution in [2.75, 3.05) is 26.2 Å². The lowest BCUT2D eigenvalue weighted by molar-refractivity contribution is 0.0979. The van der Waals surface area contributed by atoms with Gasteiger partial charge in [0.05, 0.1) is 12.1 Å². The number of rotatable bonds is 4. The minimum atomic E-state index is -0.217. The van der Waals surface area contributed by atoms with Gasteiger partial charge in [-0.3, -0.25) is 9.80 Å². The highest BCUT2D eigenvalue weighted by Crippen LogP contribution is 2.25. The highest BCUT2D eigenvalue weighted by atomic mass is 15.3. The van der Waals surface area contributed by atoms with Gasteiger partial charge in [0.1, 0.15) is 12.1 Å². The molecule has 0 spiro atoms. The van der Waals surface area contributed by atoms with Crippen LogP contribution >= 0.6 is 0 Å². The second-order valence-electron chi connectivity index (χ2n) is 5.96. The van der Waals surface area contributed by atoms with Crippen molar-refractivity contribution in [2.24, 2.45) is 0 Å². The summed E-state index contributed by atoms with van der Waals surface area (Å²) in [4.78, 5) is 4.40. The summed E-state index contributed by atoms with van der Waals surface area (Å²) in [5.74, 6) is 0. The van der Waals surface area contributed by atoms with Crippen molar-refractivity contribution in [3.8, 4) is 12.1 Å². The largest absolute Gasteiger partial charge is 0.282 e. The Morgan fingerprint density at radius 3 is 1.25 bits per heavy atom. The van der Waals surface area contributed by atoms with Gasteiger partial charge < -0.3 is 0 Å². The molecule has 1 saturated heterocycles. The molecule has 0 aromatic heterocycles. The van der Waals surface area contributed by atoms with Crippen LogP contribution < -0.4 is 0 Å². The third-order valence-electron chi connectivity index (χ3n) is 4.55. The summed E-state index contributed by atoms with van der Waals surface area (Å²) in [6.07, 6.45) is 0. The highest BCUT2D eigenvalue weighted by Gasteiger charge is 2.28. The summed E-state index contributed by atoms with van der Waals surface area (Å²) in [6.45, 7) is 3.16. The van der Waals surface area contributed by atoms with Crippen molar-refractivity contribution in [3.05, 3.63) is 71.8 Å². The molecule has 0 N–H and O–H groups in total. The van der Waals surface area contributed by atoms with E-state index in [0.717, 1.165) is 37.3 Å². The monoisotopic (exact) mass is 316 g/mol. The summed E-state index contributed by atoms with van der Waals surface area (Å²) >= 11 is 0. The van der Waals surface area contributed by atoms with Crippen molar-refractivity contribution in [1.29, 1.82) is 10.5 Å². The first kappa shape index (κ1) is 16.2. The van der Waals surface area contributed by atoms with Crippen molar-refractivity contribution in [2.45, 2.75) is 12.1 Å². The summed E-state index contributed by atoms with van der Waals surface area (Å²) in [7, 11) is 0. The Hall–Kier alpha value is -2.66. The number of hydrogen-bond acceptors (Lipinski definition) is 4. The number of benzene rings is 2. The molecule has 0 radical (unpaired) electrons. The molecule has 120 valence electrons. The van der Waals surface area contributed by atoms with E-state index in [9.17, 15) is 10.5 Å². The van der Waals surface area contributed by atoms with Crippen LogP contribution in [0.5, 0.6) is 0 Å². The fraction of sp³-hybridized carbons (Fsp3) is 0.300. The van der Waals surface area contributed by atoms with Gasteiger partial charge in [-0.15, -0.1) is 0 Å². The number of nitrogens with zero attached hydrogens (tertiary/aromatic N) is 4. The zero-order valence-electron chi connectivity index (χ0n) is 13.5. The molecule has 4 nitrogen and oxygen atoms in total. The first-order chi connectivity index (χ1) is 11.8. The first-order valence-corrected chi connectivity index (χ1v) is 8.20. The van der Waals surface area contributed by atoms with Crippen molar-refractivity contribution in [3.63, 3.8) is 0 Å². The lowest BCUT2D eigenvalue weighted by Gasteiger charge is -2.38. The zero-order chi connectivity index (χ0) is 16.8. The van der Waals surface area contributed by atoms with Crippen molar-refractivity contribution in [1.82, 2.24) is 9.80 Å². The van der Waals surface area contributed by atoms with Gasteiger partial charge in [0.25, 0.3) is 0 Å². The number of nitriles is 2. The molecule has 1 aliphatic rings. The van der Waals surface area contributed by atoms with Crippen LogP contribution in [0.4, 0.5) is 0 Å². The Bertz CT molecular complexity index is 656. The molecule has 0 amide bonds. The average molecular weight is 316 g/mol. The van der Waals surface area contributed by atoms with Gasteiger partial charge in [0, 0.05) is 26.2 Å². The lowest BCUT2D eigenvalue weighted by atomic mass is 10.0. The molecule has 1 aliphatic heterocycles. The fourth-order valence-corrected chi connectivity index (χ4v) is 3.26. The molecule has 24 heavy (non-hydrogen) atoms. The van der Waals surface area contributed by atoms with Gasteiger partial charge >= 0.3 is 0 Å². The second kappa shape index (κ2) is 7.75. The molecule has 2 atom stereocenters. The van der Waals surface area contributed by atoms with Crippen LogP contribution in [0.3, 0.4) is 0 Å². The standard InChI is InChI=1S/C20H20N4/c21-15-19(17-7-3-1-4-8-17)23-11-13-24(14-12-23)20(16-22)18-9-5-2-6-10-18/h1-10,19-20H,11-14H2/t19-,20-/m0/s1. The molecular formula is C20H20N4. The molecule has 2 aromatic rings. The minimum Gasteiger partial charge on any atom is -0.282 e. The van der Waals surface area contributed by atoms with Crippen LogP contribution in [0.15, 0.2) is 60.7 Å². The van der Waals surface area contributed by atoms with Crippen LogP contribution in [-0.4, -0.2) is 36.0 Å². The van der Waals surface area contributed by atoms with E-state index < -0.39 is 0 Å². The molecule has 3 rings (SSSR count). The molecule has 1 fully saturated rings. The molecule has 2 aromatic carbocycles. The molecular weight excluding hydrogens is 296 g/mol. The predicted molar refractivity (Wildman–Crippen MR) is 92.7 cm³/mol. The van der Waals surface area contributed by atoms with E-state index in [2.05, 4.69) is 21.9 Å². The van der Waals surface area contributed by atoms with E-state index in [1.54, 1.807) is 0 Å². The van der Waals surface area contributed by atoms with Crippen LogP contribution in [0.25, 0.3) is 0 Å². The lowest BCUT2D eigenvalue weighted by Crippen LogP contribution is -2.48. The van der Waals surface area contributed by atoms with E-state index in [-0.39, 0.29) is 12.1 Å². The second-order valence-corrected chi connectivity index (χ2v) is 5.96. The van der Waals surface area contributed by atoms with Gasteiger partial charge in [-0.1, -0.05) is 60.7 Å².